The highest BCUT2D eigenvalue weighted by molar-refractivity contribution is 6.32. The van der Waals surface area contributed by atoms with Crippen molar-refractivity contribution in [1.82, 2.24) is 24.6 Å². The van der Waals surface area contributed by atoms with E-state index in [2.05, 4.69) is 44.9 Å². The van der Waals surface area contributed by atoms with Crippen LogP contribution in [-0.4, -0.2) is 67.7 Å². The minimum Gasteiger partial charge on any atom is -0.389 e. The highest BCUT2D eigenvalue weighted by Crippen LogP contribution is 2.39. The zero-order chi connectivity index (χ0) is 23.4. The molecule has 0 amide bonds. The zero-order valence-electron chi connectivity index (χ0n) is 19.6. The standard InChI is InChI=1S/C25H31ClN6O2/c1-14-7-16(5-6-31(14)23-12-34-13-24(23)33)19-9-21-17(8-20(19)26)10-27-25(29-21)30-22-11-28-32(15(22)2)18-3-4-18/h8-11,14,16,18,23-24,33H,3-7,12-13H2,1-2H3,(H,27,29,30)/t14-,16?,23?,24-/m0/s1. The van der Waals surface area contributed by atoms with E-state index >= 15 is 0 Å². The topological polar surface area (TPSA) is 88.3 Å². The first-order chi connectivity index (χ1) is 16.5. The first kappa shape index (κ1) is 22.2. The number of aliphatic hydroxyl groups is 1. The zero-order valence-corrected chi connectivity index (χ0v) is 20.4. The molecule has 2 unspecified atom stereocenters. The smallest absolute Gasteiger partial charge is 0.227 e. The van der Waals surface area contributed by atoms with Gasteiger partial charge in [0.2, 0.25) is 5.95 Å². The van der Waals surface area contributed by atoms with Gasteiger partial charge in [-0.3, -0.25) is 9.58 Å². The van der Waals surface area contributed by atoms with Gasteiger partial charge in [-0.25, -0.2) is 9.97 Å². The minimum atomic E-state index is -0.397. The van der Waals surface area contributed by atoms with Crippen LogP contribution in [0.3, 0.4) is 0 Å². The van der Waals surface area contributed by atoms with Crippen molar-refractivity contribution < 1.29 is 9.84 Å². The summed E-state index contributed by atoms with van der Waals surface area (Å²) in [6, 6.07) is 5.09. The molecule has 180 valence electrons. The molecule has 1 aliphatic carbocycles. The quantitative estimate of drug-likeness (QED) is 0.563. The van der Waals surface area contributed by atoms with Crippen LogP contribution in [0.15, 0.2) is 24.5 Å². The summed E-state index contributed by atoms with van der Waals surface area (Å²) >= 11 is 6.74. The Kier molecular flexibility index (Phi) is 5.72. The van der Waals surface area contributed by atoms with Crippen LogP contribution >= 0.6 is 11.6 Å². The monoisotopic (exact) mass is 482 g/mol. The number of nitrogens with zero attached hydrogens (tertiary/aromatic N) is 5. The molecule has 2 aliphatic heterocycles. The van der Waals surface area contributed by atoms with Crippen molar-refractivity contribution >= 4 is 34.1 Å². The molecule has 1 aromatic carbocycles. The number of benzene rings is 1. The molecule has 9 heteroatoms. The fourth-order valence-corrected chi connectivity index (χ4v) is 5.93. The van der Waals surface area contributed by atoms with Crippen LogP contribution in [0.1, 0.15) is 55.8 Å². The Balaban J connectivity index is 1.22. The molecule has 6 rings (SSSR count). The molecular formula is C25H31ClN6O2. The number of fused-ring (bicyclic) bond motifs is 1. The van der Waals surface area contributed by atoms with Crippen molar-refractivity contribution in [3.05, 3.63) is 40.8 Å². The van der Waals surface area contributed by atoms with Gasteiger partial charge in [0.25, 0.3) is 0 Å². The van der Waals surface area contributed by atoms with Crippen LogP contribution < -0.4 is 5.32 Å². The number of aliphatic hydroxyl groups excluding tert-OH is 1. The lowest BCUT2D eigenvalue weighted by atomic mass is 9.84. The highest BCUT2D eigenvalue weighted by atomic mass is 35.5. The first-order valence-electron chi connectivity index (χ1n) is 12.3. The summed E-state index contributed by atoms with van der Waals surface area (Å²) in [5.74, 6) is 0.922. The van der Waals surface area contributed by atoms with Crippen LogP contribution in [0.2, 0.25) is 5.02 Å². The Labute approximate surface area is 204 Å². The highest BCUT2D eigenvalue weighted by Gasteiger charge is 2.38. The van der Waals surface area contributed by atoms with Crippen LogP contribution in [0.5, 0.6) is 0 Å². The van der Waals surface area contributed by atoms with Crippen molar-refractivity contribution in [1.29, 1.82) is 0 Å². The second kappa shape index (κ2) is 8.75. The van der Waals surface area contributed by atoms with Gasteiger partial charge in [0, 0.05) is 22.6 Å². The molecule has 0 radical (unpaired) electrons. The summed E-state index contributed by atoms with van der Waals surface area (Å²) in [6.07, 6.45) is 7.67. The largest absolute Gasteiger partial charge is 0.389 e. The summed E-state index contributed by atoms with van der Waals surface area (Å²) in [5, 5.41) is 19.8. The van der Waals surface area contributed by atoms with E-state index in [9.17, 15) is 5.11 Å². The lowest BCUT2D eigenvalue weighted by Gasteiger charge is -2.42. The maximum absolute atomic E-state index is 10.3. The number of nitrogens with one attached hydrogen (secondary N) is 1. The third-order valence-electron chi connectivity index (χ3n) is 7.70. The molecule has 0 spiro atoms. The fraction of sp³-hybridized carbons (Fsp3) is 0.560. The van der Waals surface area contributed by atoms with E-state index in [4.69, 9.17) is 21.3 Å². The van der Waals surface area contributed by atoms with Crippen LogP contribution in [0.25, 0.3) is 10.9 Å². The summed E-state index contributed by atoms with van der Waals surface area (Å²) in [5.41, 5.74) is 4.09. The number of ether oxygens (including phenoxy) is 1. The molecule has 1 saturated carbocycles. The Morgan fingerprint density at radius 1 is 1.18 bits per heavy atom. The fourth-order valence-electron chi connectivity index (χ4n) is 5.61. The molecule has 8 nitrogen and oxygen atoms in total. The third kappa shape index (κ3) is 4.06. The van der Waals surface area contributed by atoms with Gasteiger partial charge in [-0.15, -0.1) is 0 Å². The third-order valence-corrected chi connectivity index (χ3v) is 8.02. The second-order valence-electron chi connectivity index (χ2n) is 10.1. The van der Waals surface area contributed by atoms with Crippen molar-refractivity contribution in [3.63, 3.8) is 0 Å². The minimum absolute atomic E-state index is 0.0946. The van der Waals surface area contributed by atoms with E-state index in [1.165, 1.54) is 12.8 Å². The molecular weight excluding hydrogens is 452 g/mol. The molecule has 2 saturated heterocycles. The van der Waals surface area contributed by atoms with Gasteiger partial charge >= 0.3 is 0 Å². The first-order valence-corrected chi connectivity index (χ1v) is 12.6. The summed E-state index contributed by atoms with van der Waals surface area (Å²) in [6.45, 7) is 6.28. The van der Waals surface area contributed by atoms with Gasteiger partial charge in [0.1, 0.15) is 0 Å². The second-order valence-corrected chi connectivity index (χ2v) is 10.5. The predicted molar refractivity (Wildman–Crippen MR) is 132 cm³/mol. The molecule has 3 fully saturated rings. The molecule has 4 atom stereocenters. The average Bonchev–Trinajstić information content (AvgIpc) is 3.48. The number of aromatic nitrogens is 4. The Hall–Kier alpha value is -2.26. The van der Waals surface area contributed by atoms with Crippen molar-refractivity contribution in [2.75, 3.05) is 25.1 Å². The van der Waals surface area contributed by atoms with Gasteiger partial charge in [0.15, 0.2) is 0 Å². The number of hydrogen-bond acceptors (Lipinski definition) is 7. The normalized spacial score (nSPS) is 28.0. The number of piperidine rings is 1. The molecule has 4 heterocycles. The maximum atomic E-state index is 10.3. The van der Waals surface area contributed by atoms with Gasteiger partial charge < -0.3 is 15.2 Å². The lowest BCUT2D eigenvalue weighted by molar-refractivity contribution is 0.0352. The maximum Gasteiger partial charge on any atom is 0.227 e. The van der Waals surface area contributed by atoms with Crippen LogP contribution in [0, 0.1) is 6.92 Å². The van der Waals surface area contributed by atoms with Crippen molar-refractivity contribution in [3.8, 4) is 0 Å². The molecule has 0 bridgehead atoms. The number of hydrogen-bond donors (Lipinski definition) is 2. The van der Waals surface area contributed by atoms with E-state index in [0.717, 1.165) is 52.3 Å². The van der Waals surface area contributed by atoms with Gasteiger partial charge in [-0.2, -0.15) is 5.10 Å². The number of anilines is 2. The molecule has 34 heavy (non-hydrogen) atoms. The Morgan fingerprint density at radius 2 is 2.03 bits per heavy atom. The average molecular weight is 483 g/mol. The number of likely N-dealkylation sites (tertiary alicyclic amines) is 1. The predicted octanol–water partition coefficient (Wildman–Crippen LogP) is 4.19. The van der Waals surface area contributed by atoms with Crippen LogP contribution in [0.4, 0.5) is 11.6 Å². The molecule has 3 aliphatic rings. The summed E-state index contributed by atoms with van der Waals surface area (Å²) in [7, 11) is 0. The summed E-state index contributed by atoms with van der Waals surface area (Å²) < 4.78 is 7.58. The van der Waals surface area contributed by atoms with E-state index < -0.39 is 6.10 Å². The van der Waals surface area contributed by atoms with Crippen LogP contribution in [-0.2, 0) is 4.74 Å². The van der Waals surface area contributed by atoms with Gasteiger partial charge in [-0.1, -0.05) is 11.6 Å². The number of rotatable bonds is 5. The number of halogens is 1. The SMILES string of the molecule is Cc1c(Nc2ncc3cc(Cl)c(C4CCN(C5COC[C@@H]5O)[C@@H](C)C4)cc3n2)cnn1C1CC1. The van der Waals surface area contributed by atoms with Crippen molar-refractivity contribution in [2.45, 2.75) is 69.7 Å². The molecule has 2 N–H and O–H groups in total. The Bertz CT molecular complexity index is 1210. The van der Waals surface area contributed by atoms with E-state index in [-0.39, 0.29) is 6.04 Å². The summed E-state index contributed by atoms with van der Waals surface area (Å²) in [4.78, 5) is 11.7. The lowest BCUT2D eigenvalue weighted by Crippen LogP contribution is -2.51. The molecule has 3 aromatic rings. The van der Waals surface area contributed by atoms with E-state index in [0.29, 0.717) is 37.2 Å². The van der Waals surface area contributed by atoms with E-state index in [1.807, 2.05) is 18.5 Å². The van der Waals surface area contributed by atoms with Gasteiger partial charge in [-0.05, 0) is 69.7 Å². The van der Waals surface area contributed by atoms with Gasteiger partial charge in [0.05, 0.1) is 54.5 Å². The Morgan fingerprint density at radius 3 is 2.76 bits per heavy atom. The van der Waals surface area contributed by atoms with E-state index in [1.54, 1.807) is 0 Å². The molecule has 2 aromatic heterocycles. The van der Waals surface area contributed by atoms with Crippen molar-refractivity contribution in [2.24, 2.45) is 0 Å².